The van der Waals surface area contributed by atoms with Crippen molar-refractivity contribution in [2.75, 3.05) is 6.61 Å². The highest BCUT2D eigenvalue weighted by Gasteiger charge is 2.38. The smallest absolute Gasteiger partial charge is 0.133 e. The number of aliphatic hydroxyl groups excluding tert-OH is 1. The number of hydrogen-bond acceptors (Lipinski definition) is 2. The molecule has 2 aliphatic carbocycles. The molecule has 2 nitrogen and oxygen atoms in total. The number of aliphatic hydroxyl groups is 1. The highest BCUT2D eigenvalue weighted by molar-refractivity contribution is 5.79. The molecule has 0 aliphatic heterocycles. The van der Waals surface area contributed by atoms with Gasteiger partial charge < -0.3 is 5.11 Å². The Morgan fingerprint density at radius 2 is 1.83 bits per heavy atom. The molecule has 0 radical (unpaired) electrons. The molecule has 1 N–H and O–H groups in total. The molecule has 2 rings (SSSR count). The van der Waals surface area contributed by atoms with Gasteiger partial charge in [0.1, 0.15) is 5.78 Å². The lowest BCUT2D eigenvalue weighted by Gasteiger charge is -2.40. The average Bonchev–Trinajstić information content (AvgIpc) is 2.02. The maximum absolute atomic E-state index is 11.3. The summed E-state index contributed by atoms with van der Waals surface area (Å²) in [4.78, 5) is 11.3. The normalized spacial score (nSPS) is 41.4. The van der Waals surface area contributed by atoms with Crippen LogP contribution in [0.1, 0.15) is 32.1 Å². The zero-order valence-electron chi connectivity index (χ0n) is 7.33. The van der Waals surface area contributed by atoms with Crippen LogP contribution in [0.4, 0.5) is 0 Å². The van der Waals surface area contributed by atoms with Crippen LogP contribution in [-0.4, -0.2) is 17.5 Å². The average molecular weight is 168 g/mol. The van der Waals surface area contributed by atoms with E-state index < -0.39 is 0 Å². The molecule has 0 saturated heterocycles. The van der Waals surface area contributed by atoms with Gasteiger partial charge in [0.2, 0.25) is 0 Å². The Balaban J connectivity index is 2.11. The Bertz CT molecular complexity index is 172. The molecule has 2 saturated carbocycles. The van der Waals surface area contributed by atoms with Gasteiger partial charge in [0.25, 0.3) is 0 Å². The summed E-state index contributed by atoms with van der Waals surface area (Å²) in [6.07, 6.45) is 5.06. The van der Waals surface area contributed by atoms with E-state index in [0.717, 1.165) is 25.7 Å². The maximum atomic E-state index is 11.3. The molecule has 0 heterocycles. The van der Waals surface area contributed by atoms with Crippen molar-refractivity contribution in [1.82, 2.24) is 0 Å². The van der Waals surface area contributed by atoms with E-state index in [1.807, 2.05) is 0 Å². The van der Waals surface area contributed by atoms with Gasteiger partial charge >= 0.3 is 0 Å². The third-order valence-electron chi connectivity index (χ3n) is 3.55. The molecule has 0 aromatic carbocycles. The Morgan fingerprint density at radius 3 is 2.33 bits per heavy atom. The largest absolute Gasteiger partial charge is 0.396 e. The summed E-state index contributed by atoms with van der Waals surface area (Å²) in [5.41, 5.74) is 0. The van der Waals surface area contributed by atoms with Crippen molar-refractivity contribution in [1.29, 1.82) is 0 Å². The number of Topliss-reactive ketones (excluding diaryl/α,β-unsaturated/α-hetero) is 1. The van der Waals surface area contributed by atoms with Crippen molar-refractivity contribution < 1.29 is 9.90 Å². The van der Waals surface area contributed by atoms with Gasteiger partial charge in [0.15, 0.2) is 0 Å². The van der Waals surface area contributed by atoms with Gasteiger partial charge in [-0.1, -0.05) is 6.42 Å². The first-order valence-electron chi connectivity index (χ1n) is 4.94. The summed E-state index contributed by atoms with van der Waals surface area (Å²) >= 11 is 0. The van der Waals surface area contributed by atoms with Gasteiger partial charge in [-0.05, 0) is 30.6 Å². The molecule has 0 aromatic heterocycles. The zero-order chi connectivity index (χ0) is 8.55. The van der Waals surface area contributed by atoms with Crippen LogP contribution in [0.5, 0.6) is 0 Å². The summed E-state index contributed by atoms with van der Waals surface area (Å²) in [5.74, 6) is 1.89. The lowest BCUT2D eigenvalue weighted by Crippen LogP contribution is -2.38. The number of rotatable bonds is 1. The first-order chi connectivity index (χ1) is 5.81. The maximum Gasteiger partial charge on any atom is 0.133 e. The Morgan fingerprint density at radius 1 is 1.25 bits per heavy atom. The van der Waals surface area contributed by atoms with Gasteiger partial charge in [-0.3, -0.25) is 4.79 Å². The summed E-state index contributed by atoms with van der Waals surface area (Å²) in [5, 5.41) is 9.17. The first kappa shape index (κ1) is 8.24. The van der Waals surface area contributed by atoms with Crippen LogP contribution in [0.2, 0.25) is 0 Å². The third-order valence-corrected chi connectivity index (χ3v) is 3.55. The van der Waals surface area contributed by atoms with Crippen molar-refractivity contribution in [3.8, 4) is 0 Å². The van der Waals surface area contributed by atoms with Crippen molar-refractivity contribution >= 4 is 5.78 Å². The van der Waals surface area contributed by atoms with Crippen LogP contribution in [0, 0.1) is 17.8 Å². The van der Waals surface area contributed by atoms with Crippen LogP contribution < -0.4 is 0 Å². The van der Waals surface area contributed by atoms with E-state index >= 15 is 0 Å². The van der Waals surface area contributed by atoms with E-state index in [4.69, 9.17) is 0 Å². The van der Waals surface area contributed by atoms with Crippen molar-refractivity contribution in [2.45, 2.75) is 32.1 Å². The minimum Gasteiger partial charge on any atom is -0.396 e. The minimum absolute atomic E-state index is 0.294. The molecule has 2 fully saturated rings. The van der Waals surface area contributed by atoms with E-state index in [0.29, 0.717) is 30.1 Å². The highest BCUT2D eigenvalue weighted by Crippen LogP contribution is 2.42. The van der Waals surface area contributed by atoms with Gasteiger partial charge in [-0.2, -0.15) is 0 Å². The number of carbonyl (C=O) groups is 1. The van der Waals surface area contributed by atoms with E-state index in [1.165, 1.54) is 6.42 Å². The molecular weight excluding hydrogens is 152 g/mol. The predicted molar refractivity (Wildman–Crippen MR) is 45.6 cm³/mol. The van der Waals surface area contributed by atoms with Crippen molar-refractivity contribution in [2.24, 2.45) is 17.8 Å². The lowest BCUT2D eigenvalue weighted by atomic mass is 9.64. The Kier molecular flexibility index (Phi) is 2.18. The molecule has 12 heavy (non-hydrogen) atoms. The number of carbonyl (C=O) groups excluding carboxylic acids is 1. The van der Waals surface area contributed by atoms with Gasteiger partial charge in [0.05, 0.1) is 0 Å². The molecule has 2 bridgehead atoms. The molecule has 0 aromatic rings. The molecule has 68 valence electrons. The molecule has 2 atom stereocenters. The fourth-order valence-corrected chi connectivity index (χ4v) is 2.93. The fraction of sp³-hybridized carbons (Fsp3) is 0.900. The molecule has 2 heteroatoms. The van der Waals surface area contributed by atoms with E-state index in [1.54, 1.807) is 0 Å². The van der Waals surface area contributed by atoms with E-state index in [9.17, 15) is 9.90 Å². The monoisotopic (exact) mass is 168 g/mol. The lowest BCUT2D eigenvalue weighted by molar-refractivity contribution is -0.127. The number of fused-ring (bicyclic) bond motifs is 2. The molecule has 0 spiro atoms. The van der Waals surface area contributed by atoms with E-state index in [2.05, 4.69) is 0 Å². The summed E-state index contributed by atoms with van der Waals surface area (Å²) in [7, 11) is 0. The number of ketones is 1. The second-order valence-electron chi connectivity index (χ2n) is 4.24. The predicted octanol–water partition coefficient (Wildman–Crippen LogP) is 1.37. The third kappa shape index (κ3) is 1.28. The van der Waals surface area contributed by atoms with Crippen LogP contribution in [0.25, 0.3) is 0 Å². The SMILES string of the molecule is O=C1CC2CCCC(C1)C2CO. The van der Waals surface area contributed by atoms with Crippen LogP contribution >= 0.6 is 0 Å². The quantitative estimate of drug-likeness (QED) is 0.642. The van der Waals surface area contributed by atoms with Crippen molar-refractivity contribution in [3.05, 3.63) is 0 Å². The Labute approximate surface area is 73.0 Å². The highest BCUT2D eigenvalue weighted by atomic mass is 16.3. The molecule has 2 unspecified atom stereocenters. The summed E-state index contributed by atoms with van der Waals surface area (Å²) in [6, 6.07) is 0. The summed E-state index contributed by atoms with van der Waals surface area (Å²) in [6.45, 7) is 0.294. The zero-order valence-corrected chi connectivity index (χ0v) is 7.33. The minimum atomic E-state index is 0.294. The van der Waals surface area contributed by atoms with Crippen LogP contribution in [-0.2, 0) is 4.79 Å². The standard InChI is InChI=1S/C10H16O2/c11-6-10-7-2-1-3-8(10)5-9(12)4-7/h7-8,10-11H,1-6H2. The Hall–Kier alpha value is -0.370. The molecule has 2 aliphatic rings. The van der Waals surface area contributed by atoms with Crippen LogP contribution in [0.3, 0.4) is 0 Å². The fourth-order valence-electron chi connectivity index (χ4n) is 2.93. The van der Waals surface area contributed by atoms with Gasteiger partial charge in [0, 0.05) is 19.4 Å². The van der Waals surface area contributed by atoms with Gasteiger partial charge in [-0.25, -0.2) is 0 Å². The first-order valence-corrected chi connectivity index (χ1v) is 4.94. The topological polar surface area (TPSA) is 37.3 Å². The van der Waals surface area contributed by atoms with E-state index in [-0.39, 0.29) is 0 Å². The second kappa shape index (κ2) is 3.17. The molecular formula is C10H16O2. The van der Waals surface area contributed by atoms with Crippen LogP contribution in [0.15, 0.2) is 0 Å². The summed E-state index contributed by atoms with van der Waals surface area (Å²) < 4.78 is 0. The second-order valence-corrected chi connectivity index (χ2v) is 4.24. The van der Waals surface area contributed by atoms with Gasteiger partial charge in [-0.15, -0.1) is 0 Å². The molecule has 0 amide bonds. The number of hydrogen-bond donors (Lipinski definition) is 1. The van der Waals surface area contributed by atoms with Crippen molar-refractivity contribution in [3.63, 3.8) is 0 Å².